The lowest BCUT2D eigenvalue weighted by Gasteiger charge is -2.08. The number of pyridine rings is 3. The smallest absolute Gasteiger partial charge is 0.230 e. The summed E-state index contributed by atoms with van der Waals surface area (Å²) in [7, 11) is 1.57. The van der Waals surface area contributed by atoms with Gasteiger partial charge in [-0.15, -0.1) is 0 Å². The second-order valence-corrected chi connectivity index (χ2v) is 5.84. The molecule has 134 valence electrons. The number of aryl methyl sites for hydroxylation is 1. The van der Waals surface area contributed by atoms with Gasteiger partial charge in [0.25, 0.3) is 0 Å². The Bertz CT molecular complexity index is 1010. The molecule has 3 heterocycles. The number of nitrogens with zero attached hydrogens (tertiary/aromatic N) is 4. The lowest BCUT2D eigenvalue weighted by atomic mass is 10.1. The minimum atomic E-state index is -0.201. The molecule has 1 amide bonds. The van der Waals surface area contributed by atoms with Crippen LogP contribution in [-0.2, 0) is 11.2 Å². The molecule has 3 aromatic heterocycles. The highest BCUT2D eigenvalue weighted by molar-refractivity contribution is 5.91. The number of aromatic nitrogens is 3. The van der Waals surface area contributed by atoms with E-state index in [-0.39, 0.29) is 12.3 Å². The summed E-state index contributed by atoms with van der Waals surface area (Å²) in [6.45, 7) is 1.88. The molecule has 0 aromatic carbocycles. The fraction of sp³-hybridized carbons (Fsp3) is 0.150. The number of carbonyl (C=O) groups is 1. The molecule has 7 heteroatoms. The summed E-state index contributed by atoms with van der Waals surface area (Å²) < 4.78 is 5.23. The summed E-state index contributed by atoms with van der Waals surface area (Å²) in [5, 5.41) is 11.7. The van der Waals surface area contributed by atoms with Gasteiger partial charge in [-0.25, -0.2) is 9.97 Å². The van der Waals surface area contributed by atoms with Gasteiger partial charge in [0.05, 0.1) is 24.9 Å². The monoisotopic (exact) mass is 359 g/mol. The maximum Gasteiger partial charge on any atom is 0.230 e. The predicted octanol–water partition coefficient (Wildman–Crippen LogP) is 2.91. The molecule has 3 aromatic rings. The highest BCUT2D eigenvalue weighted by Gasteiger charge is 2.09. The normalized spacial score (nSPS) is 10.1. The number of rotatable bonds is 5. The molecule has 0 radical (unpaired) electrons. The third kappa shape index (κ3) is 4.44. The third-order valence-corrected chi connectivity index (χ3v) is 3.86. The third-order valence-electron chi connectivity index (χ3n) is 3.86. The molecule has 0 spiro atoms. The van der Waals surface area contributed by atoms with Crippen LogP contribution >= 0.6 is 0 Å². The minimum absolute atomic E-state index is 0.164. The van der Waals surface area contributed by atoms with Gasteiger partial charge in [-0.2, -0.15) is 5.26 Å². The first-order valence-electron chi connectivity index (χ1n) is 8.22. The molecular weight excluding hydrogens is 342 g/mol. The number of carbonyl (C=O) groups excluding carboxylic acids is 1. The van der Waals surface area contributed by atoms with Crippen LogP contribution in [0.4, 0.5) is 5.82 Å². The second-order valence-electron chi connectivity index (χ2n) is 5.84. The van der Waals surface area contributed by atoms with Crippen LogP contribution in [0, 0.1) is 18.3 Å². The van der Waals surface area contributed by atoms with Crippen molar-refractivity contribution >= 4 is 11.7 Å². The Morgan fingerprint density at radius 3 is 2.74 bits per heavy atom. The van der Waals surface area contributed by atoms with E-state index in [1.165, 1.54) is 0 Å². The predicted molar refractivity (Wildman–Crippen MR) is 100 cm³/mol. The van der Waals surface area contributed by atoms with Crippen LogP contribution in [0.15, 0.2) is 48.8 Å². The van der Waals surface area contributed by atoms with Gasteiger partial charge in [-0.1, -0.05) is 12.1 Å². The van der Waals surface area contributed by atoms with Crippen molar-refractivity contribution in [2.75, 3.05) is 12.4 Å². The molecule has 0 fully saturated rings. The van der Waals surface area contributed by atoms with E-state index >= 15 is 0 Å². The van der Waals surface area contributed by atoms with Crippen molar-refractivity contribution in [2.45, 2.75) is 13.3 Å². The lowest BCUT2D eigenvalue weighted by Crippen LogP contribution is -2.15. The molecule has 0 bridgehead atoms. The van der Waals surface area contributed by atoms with E-state index in [9.17, 15) is 4.79 Å². The van der Waals surface area contributed by atoms with Crippen LogP contribution in [0.2, 0.25) is 0 Å². The second kappa shape index (κ2) is 8.06. The number of hydrogen-bond donors (Lipinski definition) is 1. The summed E-state index contributed by atoms with van der Waals surface area (Å²) in [6.07, 6.45) is 3.43. The van der Waals surface area contributed by atoms with Crippen molar-refractivity contribution in [3.63, 3.8) is 0 Å². The number of nitriles is 1. The van der Waals surface area contributed by atoms with Gasteiger partial charge in [0.2, 0.25) is 5.91 Å². The van der Waals surface area contributed by atoms with E-state index in [4.69, 9.17) is 10.00 Å². The van der Waals surface area contributed by atoms with Gasteiger partial charge in [0, 0.05) is 24.0 Å². The Morgan fingerprint density at radius 1 is 1.19 bits per heavy atom. The quantitative estimate of drug-likeness (QED) is 0.752. The highest BCUT2D eigenvalue weighted by Crippen LogP contribution is 2.20. The lowest BCUT2D eigenvalue weighted by molar-refractivity contribution is -0.115. The van der Waals surface area contributed by atoms with Crippen molar-refractivity contribution in [1.29, 1.82) is 5.26 Å². The zero-order valence-corrected chi connectivity index (χ0v) is 14.9. The number of hydrogen-bond acceptors (Lipinski definition) is 6. The van der Waals surface area contributed by atoms with Crippen LogP contribution in [0.1, 0.15) is 16.8 Å². The first-order valence-corrected chi connectivity index (χ1v) is 8.22. The van der Waals surface area contributed by atoms with Gasteiger partial charge in [0.1, 0.15) is 23.3 Å². The molecule has 0 aliphatic rings. The zero-order valence-electron chi connectivity index (χ0n) is 14.9. The molecule has 0 unspecified atom stereocenters. The summed E-state index contributed by atoms with van der Waals surface area (Å²) >= 11 is 0. The molecule has 0 saturated heterocycles. The van der Waals surface area contributed by atoms with Gasteiger partial charge in [0.15, 0.2) is 0 Å². The zero-order chi connectivity index (χ0) is 19.2. The van der Waals surface area contributed by atoms with Crippen LogP contribution in [0.3, 0.4) is 0 Å². The maximum absolute atomic E-state index is 12.2. The minimum Gasteiger partial charge on any atom is -0.496 e. The Hall–Kier alpha value is -3.79. The van der Waals surface area contributed by atoms with Crippen molar-refractivity contribution < 1.29 is 9.53 Å². The van der Waals surface area contributed by atoms with Crippen LogP contribution in [0.25, 0.3) is 11.4 Å². The molecule has 0 aliphatic heterocycles. The highest BCUT2D eigenvalue weighted by atomic mass is 16.5. The number of methoxy groups -OCH3 is 1. The first-order chi connectivity index (χ1) is 13.1. The van der Waals surface area contributed by atoms with E-state index < -0.39 is 0 Å². The van der Waals surface area contributed by atoms with Crippen molar-refractivity contribution in [3.05, 3.63) is 65.6 Å². The summed E-state index contributed by atoms with van der Waals surface area (Å²) in [6, 6.07) is 12.4. The topological polar surface area (TPSA) is 101 Å². The van der Waals surface area contributed by atoms with Gasteiger partial charge in [-0.3, -0.25) is 9.78 Å². The number of amides is 1. The van der Waals surface area contributed by atoms with E-state index in [1.54, 1.807) is 49.8 Å². The van der Waals surface area contributed by atoms with Gasteiger partial charge >= 0.3 is 0 Å². The standard InChI is InChI=1S/C20H17N5O2/c1-13-11-23-19(9-18(13)27-2)25-20(26)8-14-6-7-16(22-12-14)17-5-3-4-15(10-21)24-17/h3-7,9,11-12H,8H2,1-2H3,(H,23,25,26). The fourth-order valence-electron chi connectivity index (χ4n) is 2.49. The van der Waals surface area contributed by atoms with Crippen molar-refractivity contribution in [3.8, 4) is 23.2 Å². The molecular formula is C20H17N5O2. The van der Waals surface area contributed by atoms with E-state index in [0.717, 1.165) is 11.1 Å². The average Bonchev–Trinajstić information content (AvgIpc) is 2.70. The molecule has 0 atom stereocenters. The summed E-state index contributed by atoms with van der Waals surface area (Å²) in [5.74, 6) is 0.899. The van der Waals surface area contributed by atoms with Crippen molar-refractivity contribution in [1.82, 2.24) is 15.0 Å². The van der Waals surface area contributed by atoms with Crippen LogP contribution in [0.5, 0.6) is 5.75 Å². The summed E-state index contributed by atoms with van der Waals surface area (Å²) in [5.41, 5.74) is 3.23. The Morgan fingerprint density at radius 2 is 2.04 bits per heavy atom. The maximum atomic E-state index is 12.2. The molecule has 7 nitrogen and oxygen atoms in total. The van der Waals surface area contributed by atoms with Gasteiger partial charge in [-0.05, 0) is 30.7 Å². The molecule has 3 rings (SSSR count). The number of ether oxygens (including phenoxy) is 1. The fourth-order valence-corrected chi connectivity index (χ4v) is 2.49. The SMILES string of the molecule is COc1cc(NC(=O)Cc2ccc(-c3cccc(C#N)n3)nc2)ncc1C. The van der Waals surface area contributed by atoms with E-state index in [0.29, 0.717) is 28.6 Å². The van der Waals surface area contributed by atoms with Crippen molar-refractivity contribution in [2.24, 2.45) is 0 Å². The molecule has 1 N–H and O–H groups in total. The Balaban J connectivity index is 1.67. The molecule has 0 aliphatic carbocycles. The summed E-state index contributed by atoms with van der Waals surface area (Å²) in [4.78, 5) is 25.0. The first kappa shape index (κ1) is 18.0. The molecule has 27 heavy (non-hydrogen) atoms. The van der Waals surface area contributed by atoms with E-state index in [2.05, 4.69) is 20.3 Å². The van der Waals surface area contributed by atoms with Gasteiger partial charge < -0.3 is 10.1 Å². The van der Waals surface area contributed by atoms with E-state index in [1.807, 2.05) is 19.1 Å². The average molecular weight is 359 g/mol. The van der Waals surface area contributed by atoms with Crippen LogP contribution < -0.4 is 10.1 Å². The Kier molecular flexibility index (Phi) is 5.38. The number of nitrogens with one attached hydrogen (secondary N) is 1. The largest absolute Gasteiger partial charge is 0.496 e. The number of anilines is 1. The Labute approximate surface area is 156 Å². The van der Waals surface area contributed by atoms with Crippen LogP contribution in [-0.4, -0.2) is 28.0 Å². The molecule has 0 saturated carbocycles.